The van der Waals surface area contributed by atoms with Crippen LogP contribution in [0.25, 0.3) is 11.3 Å². The second kappa shape index (κ2) is 7.27. The quantitative estimate of drug-likeness (QED) is 0.590. The van der Waals surface area contributed by atoms with Gasteiger partial charge in [-0.25, -0.2) is 13.1 Å². The van der Waals surface area contributed by atoms with Crippen LogP contribution in [-0.2, 0) is 16.4 Å². The average molecular weight is 431 g/mol. The van der Waals surface area contributed by atoms with E-state index in [4.69, 9.17) is 11.6 Å². The molecule has 0 atom stereocenters. The van der Waals surface area contributed by atoms with Crippen LogP contribution in [0.4, 0.5) is 11.4 Å². The molecule has 1 aliphatic heterocycles. The summed E-state index contributed by atoms with van der Waals surface area (Å²) in [6, 6.07) is 12.7. The van der Waals surface area contributed by atoms with Gasteiger partial charge in [-0.1, -0.05) is 22.9 Å². The monoisotopic (exact) mass is 430 g/mol. The smallest absolute Gasteiger partial charge is 0.177 e. The second-order valence-corrected chi connectivity index (χ2v) is 9.68. The lowest BCUT2D eigenvalue weighted by Crippen LogP contribution is -2.22. The van der Waals surface area contributed by atoms with Crippen LogP contribution < -0.4 is 4.90 Å². The number of halogens is 1. The third-order valence-electron chi connectivity index (χ3n) is 4.84. The molecule has 2 aromatic carbocycles. The molecule has 29 heavy (non-hydrogen) atoms. The number of anilines is 2. The molecule has 0 saturated carbocycles. The van der Waals surface area contributed by atoms with E-state index in [-0.39, 0.29) is 0 Å². The number of aryl methyl sites for hydroxylation is 1. The molecule has 1 aliphatic rings. The highest BCUT2D eigenvalue weighted by Gasteiger charge is 2.25. The van der Waals surface area contributed by atoms with Crippen molar-refractivity contribution in [3.8, 4) is 11.3 Å². The third kappa shape index (κ3) is 3.90. The highest BCUT2D eigenvalue weighted by molar-refractivity contribution is 7.91. The summed E-state index contributed by atoms with van der Waals surface area (Å²) < 4.78 is 25.0. The Morgan fingerprint density at radius 2 is 1.86 bits per heavy atom. The zero-order chi connectivity index (χ0) is 20.8. The van der Waals surface area contributed by atoms with Gasteiger partial charge in [-0.15, -0.1) is 5.10 Å². The fraction of sp³-hybridized carbons (Fsp3) is 0.250. The molecule has 9 heteroatoms. The Bertz CT molecular complexity index is 1200. The van der Waals surface area contributed by atoms with Crippen LogP contribution in [0.3, 0.4) is 0 Å². The summed E-state index contributed by atoms with van der Waals surface area (Å²) in [6.07, 6.45) is 1.06. The van der Waals surface area contributed by atoms with Crippen LogP contribution in [0, 0.1) is 6.92 Å². The number of carbonyl (C=O) groups excluding carboxylic acids is 1. The molecule has 4 rings (SSSR count). The molecule has 0 saturated heterocycles. The van der Waals surface area contributed by atoms with Crippen molar-refractivity contribution in [3.05, 3.63) is 58.7 Å². The number of aromatic nitrogens is 3. The molecule has 0 N–H and O–H groups in total. The van der Waals surface area contributed by atoms with Crippen LogP contribution in [0.5, 0.6) is 0 Å². The molecule has 3 aromatic rings. The Kier molecular flexibility index (Phi) is 4.92. The number of nitrogens with zero attached hydrogens (tertiary/aromatic N) is 4. The summed E-state index contributed by atoms with van der Waals surface area (Å²) >= 11 is 6.05. The Morgan fingerprint density at radius 1 is 1.14 bits per heavy atom. The molecule has 1 aromatic heterocycles. The molecule has 0 spiro atoms. The van der Waals surface area contributed by atoms with E-state index in [1.54, 1.807) is 12.1 Å². The lowest BCUT2D eigenvalue weighted by Gasteiger charge is -2.25. The maximum Gasteiger partial charge on any atom is 0.177 e. The van der Waals surface area contributed by atoms with Gasteiger partial charge in [0.15, 0.2) is 15.6 Å². The van der Waals surface area contributed by atoms with E-state index in [2.05, 4.69) is 15.2 Å². The summed E-state index contributed by atoms with van der Waals surface area (Å²) in [6.45, 7) is 3.11. The molecule has 0 unspecified atom stereocenters. The highest BCUT2D eigenvalue weighted by Crippen LogP contribution is 2.39. The number of hydrogen-bond acceptors (Lipinski definition) is 6. The summed E-state index contributed by atoms with van der Waals surface area (Å²) in [7, 11) is -3.42. The number of rotatable bonds is 4. The minimum atomic E-state index is -3.42. The fourth-order valence-corrected chi connectivity index (χ4v) is 4.31. The zero-order valence-corrected chi connectivity index (χ0v) is 17.5. The molecule has 0 fully saturated rings. The van der Waals surface area contributed by atoms with Crippen LogP contribution in [0.2, 0.25) is 5.02 Å². The predicted molar refractivity (Wildman–Crippen MR) is 113 cm³/mol. The van der Waals surface area contributed by atoms with Crippen molar-refractivity contribution >= 4 is 38.6 Å². The van der Waals surface area contributed by atoms with Gasteiger partial charge in [-0.3, -0.25) is 4.79 Å². The predicted octanol–water partition coefficient (Wildman–Crippen LogP) is 3.29. The van der Waals surface area contributed by atoms with Crippen molar-refractivity contribution in [2.24, 2.45) is 0 Å². The van der Waals surface area contributed by atoms with E-state index in [0.717, 1.165) is 34.6 Å². The number of ketones is 1. The fourth-order valence-electron chi connectivity index (χ4n) is 3.54. The SMILES string of the molecule is Cc1nnn2c1-c1ccc(C(=O)CS(C)(=O)=O)cc1N(c1ccc(Cl)cc1)CC2. The van der Waals surface area contributed by atoms with Gasteiger partial charge in [0.1, 0.15) is 5.75 Å². The molecular weight excluding hydrogens is 412 g/mol. The minimum absolute atomic E-state index is 0.353. The van der Waals surface area contributed by atoms with Crippen molar-refractivity contribution in [2.45, 2.75) is 13.5 Å². The van der Waals surface area contributed by atoms with Crippen molar-refractivity contribution in [3.63, 3.8) is 0 Å². The van der Waals surface area contributed by atoms with Gasteiger partial charge in [0.25, 0.3) is 0 Å². The van der Waals surface area contributed by atoms with Crippen LogP contribution in [0.15, 0.2) is 42.5 Å². The number of benzene rings is 2. The number of carbonyl (C=O) groups is 1. The van der Waals surface area contributed by atoms with Gasteiger partial charge in [-0.2, -0.15) is 0 Å². The van der Waals surface area contributed by atoms with Gasteiger partial charge in [0.2, 0.25) is 0 Å². The maximum absolute atomic E-state index is 12.5. The summed E-state index contributed by atoms with van der Waals surface area (Å²) in [5.74, 6) is -0.954. The first-order valence-corrected chi connectivity index (χ1v) is 11.5. The first-order valence-electron chi connectivity index (χ1n) is 9.01. The molecule has 2 heterocycles. The summed E-state index contributed by atoms with van der Waals surface area (Å²) in [4.78, 5) is 14.6. The van der Waals surface area contributed by atoms with E-state index in [9.17, 15) is 13.2 Å². The summed E-state index contributed by atoms with van der Waals surface area (Å²) in [5.41, 5.74) is 4.64. The van der Waals surface area contributed by atoms with Gasteiger partial charge in [0, 0.05) is 34.6 Å². The molecule has 0 bridgehead atoms. The van der Waals surface area contributed by atoms with Crippen molar-refractivity contribution in [2.75, 3.05) is 23.5 Å². The van der Waals surface area contributed by atoms with Gasteiger partial charge in [-0.05, 0) is 43.3 Å². The minimum Gasteiger partial charge on any atom is -0.339 e. The number of sulfone groups is 1. The Labute approximate surface area is 173 Å². The summed E-state index contributed by atoms with van der Waals surface area (Å²) in [5, 5.41) is 9.05. The molecule has 0 aliphatic carbocycles. The molecule has 0 amide bonds. The first-order chi connectivity index (χ1) is 13.7. The van der Waals surface area contributed by atoms with Crippen LogP contribution in [-0.4, -0.2) is 47.7 Å². The Morgan fingerprint density at radius 3 is 2.55 bits per heavy atom. The van der Waals surface area contributed by atoms with Crippen molar-refractivity contribution in [1.29, 1.82) is 0 Å². The maximum atomic E-state index is 12.5. The number of hydrogen-bond donors (Lipinski definition) is 0. The average Bonchev–Trinajstić information content (AvgIpc) is 2.93. The van der Waals surface area contributed by atoms with Crippen LogP contribution >= 0.6 is 11.6 Å². The molecule has 7 nitrogen and oxygen atoms in total. The lowest BCUT2D eigenvalue weighted by molar-refractivity contribution is 0.102. The molecule has 0 radical (unpaired) electrons. The van der Waals surface area contributed by atoms with E-state index < -0.39 is 21.4 Å². The third-order valence-corrected chi connectivity index (χ3v) is 5.87. The van der Waals surface area contributed by atoms with Gasteiger partial charge < -0.3 is 4.90 Å². The topological polar surface area (TPSA) is 85.2 Å². The molecule has 150 valence electrons. The second-order valence-electron chi connectivity index (χ2n) is 7.10. The molecular formula is C20H19ClN4O3S. The highest BCUT2D eigenvalue weighted by atomic mass is 35.5. The Hall–Kier alpha value is -2.71. The van der Waals surface area contributed by atoms with Crippen molar-refractivity contribution < 1.29 is 13.2 Å². The van der Waals surface area contributed by atoms with E-state index in [1.165, 1.54) is 0 Å². The normalized spacial score (nSPS) is 13.6. The van der Waals surface area contributed by atoms with E-state index >= 15 is 0 Å². The Balaban J connectivity index is 1.88. The van der Waals surface area contributed by atoms with Crippen LogP contribution in [0.1, 0.15) is 16.1 Å². The van der Waals surface area contributed by atoms with Gasteiger partial charge >= 0.3 is 0 Å². The van der Waals surface area contributed by atoms with Gasteiger partial charge in [0.05, 0.1) is 23.6 Å². The zero-order valence-electron chi connectivity index (χ0n) is 16.0. The standard InChI is InChI=1S/C20H19ClN4O3S/c1-13-20-17-8-3-14(19(26)12-29(2,27)28)11-18(17)24(9-10-25(20)23-22-13)16-6-4-15(21)5-7-16/h3-8,11H,9-10,12H2,1-2H3. The van der Waals surface area contributed by atoms with E-state index in [1.807, 2.05) is 41.9 Å². The first kappa shape index (κ1) is 19.6. The number of Topliss-reactive ketones (excluding diaryl/α,β-unsaturated/α-hetero) is 1. The largest absolute Gasteiger partial charge is 0.339 e. The van der Waals surface area contributed by atoms with Crippen molar-refractivity contribution in [1.82, 2.24) is 15.0 Å². The lowest BCUT2D eigenvalue weighted by atomic mass is 10.0. The van der Waals surface area contributed by atoms with E-state index in [0.29, 0.717) is 23.7 Å². The number of fused-ring (bicyclic) bond motifs is 3.